The van der Waals surface area contributed by atoms with Gasteiger partial charge in [-0.15, -0.1) is 0 Å². The van der Waals surface area contributed by atoms with E-state index in [1.54, 1.807) is 53.7 Å². The molecule has 5 rings (SSSR count). The van der Waals surface area contributed by atoms with Crippen LogP contribution in [0.25, 0.3) is 11.3 Å². The largest absolute Gasteiger partial charge is 0.355 e. The van der Waals surface area contributed by atoms with E-state index in [-0.39, 0.29) is 29.3 Å². The number of halogens is 2. The maximum absolute atomic E-state index is 13.5. The van der Waals surface area contributed by atoms with Crippen LogP contribution < -0.4 is 0 Å². The number of hydrogen-bond acceptors (Lipinski definition) is 5. The number of amides is 1. The Morgan fingerprint density at radius 1 is 0.882 bits per heavy atom. The number of benzene rings is 2. The van der Waals surface area contributed by atoms with Gasteiger partial charge in [-0.1, -0.05) is 29.4 Å². The molecule has 4 aromatic rings. The Bertz CT molecular complexity index is 1210. The number of carbonyl (C=O) groups is 1. The number of nitrogens with zero attached hydrogens (tertiary/aromatic N) is 4. The zero-order valence-electron chi connectivity index (χ0n) is 18.3. The number of piperazine rings is 1. The molecule has 0 atom stereocenters. The van der Waals surface area contributed by atoms with Crippen LogP contribution in [0.3, 0.4) is 0 Å². The average molecular weight is 460 g/mol. The SMILES string of the molecule is O=C(c1cc(-c2cccnc2)on1)N1CCN(C(c2ccc(F)cc2)c2ccc(F)cc2)CC1. The highest BCUT2D eigenvalue weighted by molar-refractivity contribution is 5.93. The van der Waals surface area contributed by atoms with Crippen LogP contribution in [0.1, 0.15) is 27.7 Å². The lowest BCUT2D eigenvalue weighted by Gasteiger charge is -2.39. The standard InChI is InChI=1S/C26H22F2N4O2/c27-21-7-3-18(4-8-21)25(19-5-9-22(28)10-6-19)31-12-14-32(15-13-31)26(33)23-16-24(34-30-23)20-2-1-11-29-17-20/h1-11,16-17,25H,12-15H2. The summed E-state index contributed by atoms with van der Waals surface area (Å²) in [6.07, 6.45) is 3.31. The second-order valence-corrected chi connectivity index (χ2v) is 8.15. The minimum absolute atomic E-state index is 0.178. The van der Waals surface area contributed by atoms with Crippen LogP contribution in [0.5, 0.6) is 0 Å². The Labute approximate surface area is 195 Å². The predicted octanol–water partition coefficient (Wildman–Crippen LogP) is 4.56. The summed E-state index contributed by atoms with van der Waals surface area (Å²) in [4.78, 5) is 21.0. The highest BCUT2D eigenvalue weighted by Gasteiger charge is 2.30. The van der Waals surface area contributed by atoms with E-state index in [1.807, 2.05) is 6.07 Å². The second kappa shape index (κ2) is 9.52. The van der Waals surface area contributed by atoms with Crippen molar-refractivity contribution in [3.8, 4) is 11.3 Å². The Morgan fingerprint density at radius 3 is 2.06 bits per heavy atom. The van der Waals surface area contributed by atoms with Gasteiger partial charge in [0.2, 0.25) is 0 Å². The van der Waals surface area contributed by atoms with Crippen LogP contribution in [-0.2, 0) is 0 Å². The van der Waals surface area contributed by atoms with Gasteiger partial charge in [-0.05, 0) is 47.5 Å². The van der Waals surface area contributed by atoms with Crippen molar-refractivity contribution in [2.75, 3.05) is 26.2 Å². The molecule has 2 aromatic heterocycles. The molecule has 3 heterocycles. The monoisotopic (exact) mass is 460 g/mol. The fourth-order valence-electron chi connectivity index (χ4n) is 4.27. The van der Waals surface area contributed by atoms with E-state index in [1.165, 1.54) is 24.3 Å². The molecule has 0 N–H and O–H groups in total. The smallest absolute Gasteiger partial charge is 0.276 e. The van der Waals surface area contributed by atoms with Gasteiger partial charge in [0, 0.05) is 50.2 Å². The summed E-state index contributed by atoms with van der Waals surface area (Å²) in [6.45, 7) is 2.18. The third-order valence-corrected chi connectivity index (χ3v) is 6.01. The molecular weight excluding hydrogens is 438 g/mol. The second-order valence-electron chi connectivity index (χ2n) is 8.15. The zero-order chi connectivity index (χ0) is 23.5. The number of rotatable bonds is 5. The molecule has 172 valence electrons. The molecule has 1 saturated heterocycles. The molecule has 0 saturated carbocycles. The highest BCUT2D eigenvalue weighted by atomic mass is 19.1. The van der Waals surface area contributed by atoms with Crippen molar-refractivity contribution >= 4 is 5.91 Å². The topological polar surface area (TPSA) is 62.5 Å². The van der Waals surface area contributed by atoms with E-state index < -0.39 is 0 Å². The first-order valence-electron chi connectivity index (χ1n) is 11.0. The lowest BCUT2D eigenvalue weighted by atomic mass is 9.96. The highest BCUT2D eigenvalue weighted by Crippen LogP contribution is 2.30. The van der Waals surface area contributed by atoms with E-state index in [9.17, 15) is 13.6 Å². The van der Waals surface area contributed by atoms with Crippen LogP contribution in [0.2, 0.25) is 0 Å². The van der Waals surface area contributed by atoms with Gasteiger partial charge in [0.05, 0.1) is 6.04 Å². The molecule has 0 spiro atoms. The average Bonchev–Trinajstić information content (AvgIpc) is 3.37. The van der Waals surface area contributed by atoms with Crippen molar-refractivity contribution in [3.63, 3.8) is 0 Å². The first kappa shape index (κ1) is 21.9. The van der Waals surface area contributed by atoms with Crippen LogP contribution in [0, 0.1) is 11.6 Å². The summed E-state index contributed by atoms with van der Waals surface area (Å²) in [5, 5.41) is 3.95. The molecule has 1 aliphatic rings. The van der Waals surface area contributed by atoms with Crippen molar-refractivity contribution < 1.29 is 18.1 Å². The van der Waals surface area contributed by atoms with Crippen molar-refractivity contribution in [1.29, 1.82) is 0 Å². The molecule has 1 amide bonds. The van der Waals surface area contributed by atoms with E-state index in [0.717, 1.165) is 16.7 Å². The van der Waals surface area contributed by atoms with Crippen LogP contribution in [0.4, 0.5) is 8.78 Å². The Kier molecular flexibility index (Phi) is 6.14. The number of pyridine rings is 1. The molecule has 0 bridgehead atoms. The van der Waals surface area contributed by atoms with Gasteiger partial charge < -0.3 is 9.42 Å². The molecule has 1 aliphatic heterocycles. The van der Waals surface area contributed by atoms with Gasteiger partial charge in [0.1, 0.15) is 11.6 Å². The molecule has 34 heavy (non-hydrogen) atoms. The summed E-state index contributed by atoms with van der Waals surface area (Å²) in [5.74, 6) is -0.327. The first-order valence-corrected chi connectivity index (χ1v) is 11.0. The van der Waals surface area contributed by atoms with Crippen LogP contribution in [0.15, 0.2) is 83.6 Å². The van der Waals surface area contributed by atoms with Gasteiger partial charge in [0.25, 0.3) is 5.91 Å². The quantitative estimate of drug-likeness (QED) is 0.437. The molecule has 0 unspecified atom stereocenters. The van der Waals surface area contributed by atoms with Crippen molar-refractivity contribution in [3.05, 3.63) is 108 Å². The maximum Gasteiger partial charge on any atom is 0.276 e. The van der Waals surface area contributed by atoms with E-state index in [4.69, 9.17) is 4.52 Å². The van der Waals surface area contributed by atoms with Crippen molar-refractivity contribution in [2.45, 2.75) is 6.04 Å². The molecule has 0 aliphatic carbocycles. The lowest BCUT2D eigenvalue weighted by Crippen LogP contribution is -2.50. The Balaban J connectivity index is 1.31. The number of hydrogen-bond donors (Lipinski definition) is 0. The molecule has 1 fully saturated rings. The van der Waals surface area contributed by atoms with Crippen molar-refractivity contribution in [2.24, 2.45) is 0 Å². The fourth-order valence-corrected chi connectivity index (χ4v) is 4.27. The number of aromatic nitrogens is 2. The minimum Gasteiger partial charge on any atom is -0.355 e. The van der Waals surface area contributed by atoms with E-state index >= 15 is 0 Å². The van der Waals surface area contributed by atoms with E-state index in [0.29, 0.717) is 31.9 Å². The minimum atomic E-state index is -0.310. The van der Waals surface area contributed by atoms with Gasteiger partial charge in [-0.2, -0.15) is 0 Å². The summed E-state index contributed by atoms with van der Waals surface area (Å²) in [7, 11) is 0. The first-order chi connectivity index (χ1) is 16.6. The predicted molar refractivity (Wildman–Crippen MR) is 122 cm³/mol. The van der Waals surface area contributed by atoms with Crippen LogP contribution >= 0.6 is 0 Å². The third-order valence-electron chi connectivity index (χ3n) is 6.01. The lowest BCUT2D eigenvalue weighted by molar-refractivity contribution is 0.0587. The third kappa shape index (κ3) is 4.58. The number of carbonyl (C=O) groups excluding carboxylic acids is 1. The molecular formula is C26H22F2N4O2. The summed E-state index contributed by atoms with van der Waals surface area (Å²) in [5.41, 5.74) is 2.82. The van der Waals surface area contributed by atoms with E-state index in [2.05, 4.69) is 15.0 Å². The van der Waals surface area contributed by atoms with Gasteiger partial charge in [-0.3, -0.25) is 14.7 Å². The molecule has 2 aromatic carbocycles. The summed E-state index contributed by atoms with van der Waals surface area (Å²) < 4.78 is 32.4. The molecule has 8 heteroatoms. The molecule has 6 nitrogen and oxygen atoms in total. The van der Waals surface area contributed by atoms with Gasteiger partial charge >= 0.3 is 0 Å². The van der Waals surface area contributed by atoms with Crippen molar-refractivity contribution in [1.82, 2.24) is 19.9 Å². The zero-order valence-corrected chi connectivity index (χ0v) is 18.3. The Hall–Kier alpha value is -3.91. The van der Waals surface area contributed by atoms with Crippen LogP contribution in [-0.4, -0.2) is 52.0 Å². The van der Waals surface area contributed by atoms with Gasteiger partial charge in [0.15, 0.2) is 11.5 Å². The maximum atomic E-state index is 13.5. The normalized spacial score (nSPS) is 14.5. The molecule has 0 radical (unpaired) electrons. The summed E-state index contributed by atoms with van der Waals surface area (Å²) in [6, 6.07) is 17.8. The van der Waals surface area contributed by atoms with Gasteiger partial charge in [-0.25, -0.2) is 8.78 Å². The summed E-state index contributed by atoms with van der Waals surface area (Å²) >= 11 is 0. The Morgan fingerprint density at radius 2 is 1.50 bits per heavy atom. The fraction of sp³-hybridized carbons (Fsp3) is 0.192.